The first-order valence-corrected chi connectivity index (χ1v) is 10.9. The van der Waals surface area contributed by atoms with Crippen molar-refractivity contribution in [3.05, 3.63) is 77.9 Å². The van der Waals surface area contributed by atoms with Crippen LogP contribution in [-0.2, 0) is 11.3 Å². The van der Waals surface area contributed by atoms with Crippen LogP contribution in [0.4, 0.5) is 5.69 Å². The average molecular weight is 408 g/mol. The number of hydrogen-bond acceptors (Lipinski definition) is 4. The van der Waals surface area contributed by atoms with Crippen LogP contribution in [0.1, 0.15) is 34.6 Å². The molecule has 2 aromatic carbocycles. The number of anilines is 1. The van der Waals surface area contributed by atoms with Crippen LogP contribution in [0.2, 0.25) is 0 Å². The second-order valence-corrected chi connectivity index (χ2v) is 8.26. The fourth-order valence-electron chi connectivity index (χ4n) is 3.40. The Labute approximate surface area is 175 Å². The van der Waals surface area contributed by atoms with Crippen molar-refractivity contribution in [1.82, 2.24) is 9.55 Å². The zero-order chi connectivity index (χ0) is 20.1. The van der Waals surface area contributed by atoms with Crippen molar-refractivity contribution in [1.29, 1.82) is 0 Å². The molecule has 1 unspecified atom stereocenters. The smallest absolute Gasteiger partial charge is 0.256 e. The largest absolute Gasteiger partial charge is 0.377 e. The van der Waals surface area contributed by atoms with Gasteiger partial charge in [-0.2, -0.15) is 0 Å². The molecule has 1 aliphatic rings. The van der Waals surface area contributed by atoms with Gasteiger partial charge < -0.3 is 14.6 Å². The highest BCUT2D eigenvalue weighted by molar-refractivity contribution is 7.99. The highest BCUT2D eigenvalue weighted by Crippen LogP contribution is 2.27. The van der Waals surface area contributed by atoms with E-state index >= 15 is 0 Å². The Bertz CT molecular complexity index is 962. The highest BCUT2D eigenvalue weighted by Gasteiger charge is 2.18. The molecule has 0 bridgehead atoms. The number of carbonyl (C=O) groups excluding carboxylic acids is 1. The zero-order valence-corrected chi connectivity index (χ0v) is 17.3. The van der Waals surface area contributed by atoms with Gasteiger partial charge in [0.2, 0.25) is 0 Å². The second kappa shape index (κ2) is 9.29. The molecule has 3 aromatic rings. The van der Waals surface area contributed by atoms with Crippen LogP contribution >= 0.6 is 11.8 Å². The number of nitrogens with zero attached hydrogens (tertiary/aromatic N) is 2. The lowest BCUT2D eigenvalue weighted by molar-refractivity contribution is 0.102. The fourth-order valence-corrected chi connectivity index (χ4v) is 4.52. The molecule has 1 aromatic heterocycles. The van der Waals surface area contributed by atoms with Gasteiger partial charge in [-0.25, -0.2) is 4.98 Å². The van der Waals surface area contributed by atoms with Crippen molar-refractivity contribution < 1.29 is 9.53 Å². The second-order valence-electron chi connectivity index (χ2n) is 7.20. The maximum atomic E-state index is 12.8. The third kappa shape index (κ3) is 5.08. The minimum Gasteiger partial charge on any atom is -0.377 e. The van der Waals surface area contributed by atoms with E-state index in [1.54, 1.807) is 18.0 Å². The topological polar surface area (TPSA) is 56.2 Å². The number of benzene rings is 2. The summed E-state index contributed by atoms with van der Waals surface area (Å²) < 4.78 is 7.79. The van der Waals surface area contributed by atoms with Gasteiger partial charge in [-0.1, -0.05) is 24.3 Å². The van der Waals surface area contributed by atoms with E-state index in [0.717, 1.165) is 53.7 Å². The van der Waals surface area contributed by atoms with E-state index in [1.165, 1.54) is 0 Å². The SMILES string of the molecule is Cc1nccn1Cc1ccc(NC(=O)c2ccccc2SCC2CCCO2)cc1. The molecular formula is C23H25N3O2S. The van der Waals surface area contributed by atoms with Crippen LogP contribution in [0.5, 0.6) is 0 Å². The lowest BCUT2D eigenvalue weighted by atomic mass is 10.1. The number of carbonyl (C=O) groups is 1. The van der Waals surface area contributed by atoms with Gasteiger partial charge >= 0.3 is 0 Å². The summed E-state index contributed by atoms with van der Waals surface area (Å²) in [5, 5.41) is 3.02. The summed E-state index contributed by atoms with van der Waals surface area (Å²) in [7, 11) is 0. The predicted molar refractivity (Wildman–Crippen MR) is 117 cm³/mol. The quantitative estimate of drug-likeness (QED) is 0.574. The minimum atomic E-state index is -0.0846. The molecule has 1 N–H and O–H groups in total. The van der Waals surface area contributed by atoms with E-state index in [4.69, 9.17) is 4.74 Å². The van der Waals surface area contributed by atoms with E-state index in [1.807, 2.05) is 61.7 Å². The Morgan fingerprint density at radius 2 is 2.07 bits per heavy atom. The normalized spacial score (nSPS) is 16.1. The number of thioether (sulfide) groups is 1. The third-order valence-electron chi connectivity index (χ3n) is 5.07. The Morgan fingerprint density at radius 1 is 1.24 bits per heavy atom. The van der Waals surface area contributed by atoms with Gasteiger partial charge in [-0.3, -0.25) is 4.79 Å². The maximum Gasteiger partial charge on any atom is 0.256 e. The average Bonchev–Trinajstić information content (AvgIpc) is 3.40. The monoisotopic (exact) mass is 407 g/mol. The van der Waals surface area contributed by atoms with E-state index in [-0.39, 0.29) is 5.91 Å². The van der Waals surface area contributed by atoms with E-state index in [2.05, 4.69) is 14.9 Å². The predicted octanol–water partition coefficient (Wildman–Crippen LogP) is 4.76. The van der Waals surface area contributed by atoms with Crippen molar-refractivity contribution in [3.63, 3.8) is 0 Å². The molecule has 2 heterocycles. The number of aromatic nitrogens is 2. The standard InChI is InChI=1S/C23H25N3O2S/c1-17-24-12-13-26(17)15-18-8-10-19(11-9-18)25-23(27)21-6-2-3-7-22(21)29-16-20-5-4-14-28-20/h2-3,6-13,20H,4-5,14-16H2,1H3,(H,25,27). The number of aryl methyl sites for hydroxylation is 1. The lowest BCUT2D eigenvalue weighted by Crippen LogP contribution is -2.14. The first-order chi connectivity index (χ1) is 14.2. The van der Waals surface area contributed by atoms with Gasteiger partial charge in [-0.15, -0.1) is 11.8 Å². The molecule has 0 saturated carbocycles. The molecule has 0 radical (unpaired) electrons. The molecule has 0 spiro atoms. The van der Waals surface area contributed by atoms with Crippen molar-refractivity contribution in [3.8, 4) is 0 Å². The zero-order valence-electron chi connectivity index (χ0n) is 16.5. The third-order valence-corrected chi connectivity index (χ3v) is 6.27. The molecule has 29 heavy (non-hydrogen) atoms. The van der Waals surface area contributed by atoms with Crippen LogP contribution < -0.4 is 5.32 Å². The van der Waals surface area contributed by atoms with Gasteiger partial charge in [0.05, 0.1) is 11.7 Å². The van der Waals surface area contributed by atoms with E-state index < -0.39 is 0 Å². The summed E-state index contributed by atoms with van der Waals surface area (Å²) in [4.78, 5) is 18.1. The summed E-state index contributed by atoms with van der Waals surface area (Å²) in [6.45, 7) is 3.61. The fraction of sp³-hybridized carbons (Fsp3) is 0.304. The van der Waals surface area contributed by atoms with Crippen LogP contribution in [-0.4, -0.2) is 33.9 Å². The number of hydrogen-bond donors (Lipinski definition) is 1. The minimum absolute atomic E-state index is 0.0846. The number of ether oxygens (including phenoxy) is 1. The van der Waals surface area contributed by atoms with Crippen molar-refractivity contribution in [2.45, 2.75) is 37.3 Å². The molecule has 1 amide bonds. The van der Waals surface area contributed by atoms with Crippen molar-refractivity contribution in [2.75, 3.05) is 17.7 Å². The van der Waals surface area contributed by atoms with E-state index in [9.17, 15) is 4.79 Å². The summed E-state index contributed by atoms with van der Waals surface area (Å²) >= 11 is 1.69. The summed E-state index contributed by atoms with van der Waals surface area (Å²) in [6.07, 6.45) is 6.30. The number of rotatable bonds is 7. The Kier molecular flexibility index (Phi) is 6.32. The summed E-state index contributed by atoms with van der Waals surface area (Å²) in [6, 6.07) is 15.7. The molecule has 1 fully saturated rings. The molecule has 1 atom stereocenters. The molecule has 1 aliphatic heterocycles. The molecule has 1 saturated heterocycles. The first-order valence-electron chi connectivity index (χ1n) is 9.90. The highest BCUT2D eigenvalue weighted by atomic mass is 32.2. The Hall–Kier alpha value is -2.57. The maximum absolute atomic E-state index is 12.8. The molecular weight excluding hydrogens is 382 g/mol. The van der Waals surface area contributed by atoms with Gasteiger partial charge in [-0.05, 0) is 49.6 Å². The molecule has 0 aliphatic carbocycles. The van der Waals surface area contributed by atoms with Crippen LogP contribution in [0.15, 0.2) is 65.8 Å². The van der Waals surface area contributed by atoms with Crippen LogP contribution in [0.3, 0.4) is 0 Å². The Balaban J connectivity index is 1.39. The van der Waals surface area contributed by atoms with Crippen molar-refractivity contribution in [2.24, 2.45) is 0 Å². The lowest BCUT2D eigenvalue weighted by Gasteiger charge is -2.13. The van der Waals surface area contributed by atoms with Crippen LogP contribution in [0, 0.1) is 6.92 Å². The van der Waals surface area contributed by atoms with Gasteiger partial charge in [0, 0.05) is 41.9 Å². The number of nitrogens with one attached hydrogen (secondary N) is 1. The van der Waals surface area contributed by atoms with Gasteiger partial charge in [0.1, 0.15) is 5.82 Å². The summed E-state index contributed by atoms with van der Waals surface area (Å²) in [5.41, 5.74) is 2.66. The van der Waals surface area contributed by atoms with Crippen molar-refractivity contribution >= 4 is 23.4 Å². The molecule has 6 heteroatoms. The number of imidazole rings is 1. The summed E-state index contributed by atoms with van der Waals surface area (Å²) in [5.74, 6) is 1.78. The van der Waals surface area contributed by atoms with Gasteiger partial charge in [0.15, 0.2) is 0 Å². The Morgan fingerprint density at radius 3 is 2.79 bits per heavy atom. The molecule has 5 nitrogen and oxygen atoms in total. The van der Waals surface area contributed by atoms with Gasteiger partial charge in [0.25, 0.3) is 5.91 Å². The molecule has 4 rings (SSSR count). The first kappa shape index (κ1) is 19.7. The molecule has 150 valence electrons. The van der Waals surface area contributed by atoms with Crippen LogP contribution in [0.25, 0.3) is 0 Å². The van der Waals surface area contributed by atoms with E-state index in [0.29, 0.717) is 11.7 Å². The number of amides is 1.